The number of nitrogens with zero attached hydrogens (tertiary/aromatic N) is 1. The van der Waals surface area contributed by atoms with E-state index < -0.39 is 4.92 Å². The molecule has 1 aromatic rings. The Balaban J connectivity index is 2.31. The molecule has 0 radical (unpaired) electrons. The minimum Gasteiger partial charge on any atom is -0.353 e. The molecule has 0 bridgehead atoms. The third-order valence-electron chi connectivity index (χ3n) is 1.86. The van der Waals surface area contributed by atoms with E-state index in [-0.39, 0.29) is 23.5 Å². The Hall–Kier alpha value is -1.47. The van der Waals surface area contributed by atoms with Crippen LogP contribution in [0.3, 0.4) is 0 Å². The zero-order chi connectivity index (χ0) is 12.8. The van der Waals surface area contributed by atoms with Crippen LogP contribution in [0.1, 0.15) is 18.7 Å². The molecule has 1 amide bonds. The van der Waals surface area contributed by atoms with Crippen molar-refractivity contribution in [2.24, 2.45) is 0 Å². The molecule has 1 aromatic heterocycles. The van der Waals surface area contributed by atoms with Gasteiger partial charge in [0.2, 0.25) is 5.91 Å². The predicted molar refractivity (Wildman–Crippen MR) is 66.0 cm³/mol. The lowest BCUT2D eigenvalue weighted by Crippen LogP contribution is -2.37. The Morgan fingerprint density at radius 3 is 2.76 bits per heavy atom. The first-order chi connectivity index (χ1) is 7.99. The van der Waals surface area contributed by atoms with E-state index in [2.05, 4.69) is 10.6 Å². The van der Waals surface area contributed by atoms with Gasteiger partial charge < -0.3 is 10.6 Å². The number of hydrogen-bond donors (Lipinski definition) is 2. The number of carbonyl (C=O) groups is 1. The molecule has 0 aliphatic carbocycles. The first kappa shape index (κ1) is 13.6. The Morgan fingerprint density at radius 2 is 2.24 bits per heavy atom. The van der Waals surface area contributed by atoms with Crippen molar-refractivity contribution in [2.75, 3.05) is 6.54 Å². The summed E-state index contributed by atoms with van der Waals surface area (Å²) in [4.78, 5) is 22.2. The van der Waals surface area contributed by atoms with Crippen molar-refractivity contribution in [2.45, 2.75) is 26.4 Å². The molecule has 7 heteroatoms. The standard InChI is InChI=1S/C10H15N3O3S/c1-7(2)12-9(14)6-11-5-8-3-4-10(17-8)13(15)16/h3-4,7,11H,5-6H2,1-2H3,(H,12,14). The van der Waals surface area contributed by atoms with E-state index in [4.69, 9.17) is 0 Å². The summed E-state index contributed by atoms with van der Waals surface area (Å²) in [7, 11) is 0. The van der Waals surface area contributed by atoms with Gasteiger partial charge in [0.05, 0.1) is 11.5 Å². The SMILES string of the molecule is CC(C)NC(=O)CNCc1ccc([N+](=O)[O-])s1. The van der Waals surface area contributed by atoms with Gasteiger partial charge >= 0.3 is 5.00 Å². The van der Waals surface area contributed by atoms with Gasteiger partial charge in [0.25, 0.3) is 0 Å². The van der Waals surface area contributed by atoms with Crippen LogP contribution in [0.25, 0.3) is 0 Å². The van der Waals surface area contributed by atoms with Crippen LogP contribution in [-0.4, -0.2) is 23.4 Å². The van der Waals surface area contributed by atoms with Crippen LogP contribution < -0.4 is 10.6 Å². The summed E-state index contributed by atoms with van der Waals surface area (Å²) in [6.45, 7) is 4.45. The molecular weight excluding hydrogens is 242 g/mol. The minimum absolute atomic E-state index is 0.0777. The maximum Gasteiger partial charge on any atom is 0.324 e. The Morgan fingerprint density at radius 1 is 1.53 bits per heavy atom. The van der Waals surface area contributed by atoms with Crippen molar-refractivity contribution in [3.05, 3.63) is 27.1 Å². The lowest BCUT2D eigenvalue weighted by molar-refractivity contribution is -0.380. The highest BCUT2D eigenvalue weighted by molar-refractivity contribution is 7.15. The molecule has 94 valence electrons. The van der Waals surface area contributed by atoms with Crippen LogP contribution in [0, 0.1) is 10.1 Å². The molecule has 0 aliphatic rings. The molecule has 0 saturated carbocycles. The molecule has 6 nitrogen and oxygen atoms in total. The second kappa shape index (κ2) is 6.31. The molecule has 0 saturated heterocycles. The summed E-state index contributed by atoms with van der Waals surface area (Å²) >= 11 is 1.11. The fraction of sp³-hybridized carbons (Fsp3) is 0.500. The van der Waals surface area contributed by atoms with Crippen LogP contribution in [0.5, 0.6) is 0 Å². The fourth-order valence-electron chi connectivity index (χ4n) is 1.23. The van der Waals surface area contributed by atoms with Crippen molar-refractivity contribution >= 4 is 22.2 Å². The van der Waals surface area contributed by atoms with Crippen LogP contribution in [0.2, 0.25) is 0 Å². The molecule has 17 heavy (non-hydrogen) atoms. The quantitative estimate of drug-likeness (QED) is 0.593. The van der Waals surface area contributed by atoms with E-state index in [0.717, 1.165) is 16.2 Å². The number of rotatable bonds is 6. The van der Waals surface area contributed by atoms with E-state index >= 15 is 0 Å². The first-order valence-corrected chi connectivity index (χ1v) is 6.04. The largest absolute Gasteiger partial charge is 0.353 e. The van der Waals surface area contributed by atoms with Crippen molar-refractivity contribution in [1.82, 2.24) is 10.6 Å². The van der Waals surface area contributed by atoms with E-state index in [1.165, 1.54) is 6.07 Å². The summed E-state index contributed by atoms with van der Waals surface area (Å²) in [5.41, 5.74) is 0. The number of nitro groups is 1. The molecule has 1 heterocycles. The summed E-state index contributed by atoms with van der Waals surface area (Å²) in [6, 6.07) is 3.28. The lowest BCUT2D eigenvalue weighted by Gasteiger charge is -2.08. The lowest BCUT2D eigenvalue weighted by atomic mass is 10.4. The van der Waals surface area contributed by atoms with Gasteiger partial charge in [-0.1, -0.05) is 11.3 Å². The zero-order valence-corrected chi connectivity index (χ0v) is 10.5. The number of carbonyl (C=O) groups excluding carboxylic acids is 1. The highest BCUT2D eigenvalue weighted by Crippen LogP contribution is 2.23. The number of amides is 1. The Kier molecular flexibility index (Phi) is 5.05. The maximum absolute atomic E-state index is 11.3. The molecule has 0 aromatic carbocycles. The van der Waals surface area contributed by atoms with Crippen LogP contribution in [0.15, 0.2) is 12.1 Å². The van der Waals surface area contributed by atoms with Crippen molar-refractivity contribution in [3.63, 3.8) is 0 Å². The smallest absolute Gasteiger partial charge is 0.324 e. The van der Waals surface area contributed by atoms with Crippen molar-refractivity contribution < 1.29 is 9.72 Å². The predicted octanol–water partition coefficient (Wildman–Crippen LogP) is 1.27. The van der Waals surface area contributed by atoms with Crippen LogP contribution >= 0.6 is 11.3 Å². The normalized spacial score (nSPS) is 10.5. The minimum atomic E-state index is -0.417. The van der Waals surface area contributed by atoms with Gasteiger partial charge in [0, 0.05) is 23.5 Å². The molecule has 0 atom stereocenters. The zero-order valence-electron chi connectivity index (χ0n) is 9.73. The maximum atomic E-state index is 11.3. The summed E-state index contributed by atoms with van der Waals surface area (Å²) in [5, 5.41) is 16.2. The van der Waals surface area contributed by atoms with Gasteiger partial charge in [-0.3, -0.25) is 14.9 Å². The van der Waals surface area contributed by atoms with Gasteiger partial charge in [-0.15, -0.1) is 0 Å². The monoisotopic (exact) mass is 257 g/mol. The molecule has 0 unspecified atom stereocenters. The number of nitrogens with one attached hydrogen (secondary N) is 2. The third kappa shape index (κ3) is 4.92. The Labute approximate surface area is 103 Å². The average molecular weight is 257 g/mol. The van der Waals surface area contributed by atoms with Crippen molar-refractivity contribution in [1.29, 1.82) is 0 Å². The fourth-order valence-corrected chi connectivity index (χ4v) is 2.02. The highest BCUT2D eigenvalue weighted by Gasteiger charge is 2.09. The summed E-state index contributed by atoms with van der Waals surface area (Å²) < 4.78 is 0. The molecule has 2 N–H and O–H groups in total. The summed E-state index contributed by atoms with van der Waals surface area (Å²) in [6.07, 6.45) is 0. The molecule has 0 aliphatic heterocycles. The van der Waals surface area contributed by atoms with Gasteiger partial charge in [0.1, 0.15) is 0 Å². The van der Waals surface area contributed by atoms with Crippen LogP contribution in [0.4, 0.5) is 5.00 Å². The molecule has 1 rings (SSSR count). The molecule has 0 fully saturated rings. The van der Waals surface area contributed by atoms with Gasteiger partial charge in [-0.2, -0.15) is 0 Å². The van der Waals surface area contributed by atoms with E-state index in [9.17, 15) is 14.9 Å². The number of hydrogen-bond acceptors (Lipinski definition) is 5. The highest BCUT2D eigenvalue weighted by atomic mass is 32.1. The topological polar surface area (TPSA) is 84.3 Å². The van der Waals surface area contributed by atoms with E-state index in [0.29, 0.717) is 6.54 Å². The first-order valence-electron chi connectivity index (χ1n) is 5.22. The van der Waals surface area contributed by atoms with Gasteiger partial charge in [-0.05, 0) is 19.9 Å². The Bertz CT molecular complexity index is 403. The molecular formula is C10H15N3O3S. The number of thiophene rings is 1. The van der Waals surface area contributed by atoms with Gasteiger partial charge in [0.15, 0.2) is 0 Å². The van der Waals surface area contributed by atoms with Crippen molar-refractivity contribution in [3.8, 4) is 0 Å². The summed E-state index contributed by atoms with van der Waals surface area (Å²) in [5.74, 6) is -0.0777. The second-order valence-electron chi connectivity index (χ2n) is 3.82. The van der Waals surface area contributed by atoms with Crippen LogP contribution in [-0.2, 0) is 11.3 Å². The van der Waals surface area contributed by atoms with Gasteiger partial charge in [-0.25, -0.2) is 0 Å². The second-order valence-corrected chi connectivity index (χ2v) is 4.97. The van der Waals surface area contributed by atoms with E-state index in [1.807, 2.05) is 13.8 Å². The third-order valence-corrected chi connectivity index (χ3v) is 2.90. The average Bonchev–Trinajstić information content (AvgIpc) is 2.65. The van der Waals surface area contributed by atoms with E-state index in [1.54, 1.807) is 6.07 Å². The molecule has 0 spiro atoms.